The van der Waals surface area contributed by atoms with Gasteiger partial charge in [0.25, 0.3) is 0 Å². The van der Waals surface area contributed by atoms with Crippen LogP contribution < -0.4 is 5.73 Å². The maximum absolute atomic E-state index is 4.61. The lowest BCUT2D eigenvalue weighted by Gasteiger charge is -2.29. The van der Waals surface area contributed by atoms with Crippen molar-refractivity contribution in [1.29, 1.82) is 0 Å². The smallest absolute Gasteiger partial charge is 0.0302 e. The minimum Gasteiger partial charge on any atom is -0.405 e. The van der Waals surface area contributed by atoms with E-state index in [1.165, 1.54) is 44.0 Å². The Morgan fingerprint density at radius 3 is 1.76 bits per heavy atom. The molecular formula is C34H66N4. The van der Waals surface area contributed by atoms with Crippen LogP contribution in [0.25, 0.3) is 0 Å². The summed E-state index contributed by atoms with van der Waals surface area (Å²) in [6.07, 6.45) is 18.1. The molecule has 0 bridgehead atoms. The summed E-state index contributed by atoms with van der Waals surface area (Å²) >= 11 is 0. The van der Waals surface area contributed by atoms with Crippen molar-refractivity contribution >= 4 is 0 Å². The van der Waals surface area contributed by atoms with Crippen molar-refractivity contribution < 1.29 is 0 Å². The zero-order valence-electron chi connectivity index (χ0n) is 26.9. The van der Waals surface area contributed by atoms with Gasteiger partial charge in [-0.15, -0.1) is 0 Å². The fraction of sp³-hybridized carbons (Fsp3) is 0.588. The number of nitrogens with two attached hydrogens (primary N) is 1. The molecule has 0 unspecified atom stereocenters. The Hall–Kier alpha value is -2.46. The van der Waals surface area contributed by atoms with E-state index in [0.717, 1.165) is 44.1 Å². The van der Waals surface area contributed by atoms with E-state index in [-0.39, 0.29) is 0 Å². The van der Waals surface area contributed by atoms with Gasteiger partial charge in [0, 0.05) is 37.9 Å². The summed E-state index contributed by atoms with van der Waals surface area (Å²) < 4.78 is 0. The van der Waals surface area contributed by atoms with Crippen molar-refractivity contribution in [3.05, 3.63) is 87.6 Å². The molecule has 0 heterocycles. The second kappa shape index (κ2) is 32.6. The summed E-state index contributed by atoms with van der Waals surface area (Å²) in [7, 11) is 2.25. The lowest BCUT2D eigenvalue weighted by atomic mass is 9.98. The van der Waals surface area contributed by atoms with Crippen LogP contribution in [-0.2, 0) is 0 Å². The van der Waals surface area contributed by atoms with Crippen molar-refractivity contribution in [3.8, 4) is 0 Å². The van der Waals surface area contributed by atoms with Gasteiger partial charge in [-0.25, -0.2) is 0 Å². The Bertz CT molecular complexity index is 612. The molecule has 0 aliphatic rings. The molecule has 0 aromatic carbocycles. The van der Waals surface area contributed by atoms with Gasteiger partial charge in [-0.3, -0.25) is 0 Å². The Morgan fingerprint density at radius 2 is 1.42 bits per heavy atom. The van der Waals surface area contributed by atoms with E-state index >= 15 is 0 Å². The standard InChI is InChI=1S/C16H34N2.C14H21N.C2H5N.C2H6/c1-7-10-16(11-8-2)14-17(6)12-13-18(9-3)15(4)5;1-6-10-14(7-2)11-9-12-15(8-3)13(4)5;1-2-3;1-2/h9,15-16H,3,7-8,10-14H2,1-2,4-6H3;6-8,10H,1-4,9,11-12H2,5H3;2H,1,3H2;1-2H3/b;14-10+;;. The summed E-state index contributed by atoms with van der Waals surface area (Å²) in [5, 5.41) is 0. The van der Waals surface area contributed by atoms with Crippen molar-refractivity contribution in [2.45, 2.75) is 93.0 Å². The van der Waals surface area contributed by atoms with Crippen LogP contribution in [0.5, 0.6) is 0 Å². The molecule has 4 heteroatoms. The highest BCUT2D eigenvalue weighted by Crippen LogP contribution is 2.14. The van der Waals surface area contributed by atoms with Crippen LogP contribution in [0.15, 0.2) is 87.6 Å². The van der Waals surface area contributed by atoms with Crippen LogP contribution in [-0.4, -0.2) is 54.0 Å². The third kappa shape index (κ3) is 28.1. The molecule has 0 atom stereocenters. The second-order valence-electron chi connectivity index (χ2n) is 9.35. The third-order valence-corrected chi connectivity index (χ3v) is 5.77. The van der Waals surface area contributed by atoms with Gasteiger partial charge in [0.1, 0.15) is 0 Å². The number of hydrogen-bond donors (Lipinski definition) is 1. The summed E-state index contributed by atoms with van der Waals surface area (Å²) in [5.74, 6) is 0.876. The molecule has 0 aromatic rings. The van der Waals surface area contributed by atoms with Crippen LogP contribution >= 0.6 is 0 Å². The molecule has 0 aromatic heterocycles. The number of likely N-dealkylation sites (N-methyl/N-ethyl adjacent to an activating group) is 1. The Labute approximate surface area is 240 Å². The maximum Gasteiger partial charge on any atom is 0.0302 e. The molecule has 0 amide bonds. The summed E-state index contributed by atoms with van der Waals surface area (Å²) in [6.45, 7) is 41.5. The first kappa shape index (κ1) is 42.6. The fourth-order valence-corrected chi connectivity index (χ4v) is 3.82. The van der Waals surface area contributed by atoms with E-state index in [1.54, 1.807) is 6.08 Å². The molecule has 0 saturated carbocycles. The van der Waals surface area contributed by atoms with E-state index in [4.69, 9.17) is 0 Å². The minimum atomic E-state index is 0.554. The Balaban J connectivity index is -0.000000262. The molecule has 0 aliphatic carbocycles. The maximum atomic E-state index is 4.61. The van der Waals surface area contributed by atoms with E-state index in [0.29, 0.717) is 6.04 Å². The topological polar surface area (TPSA) is 35.7 Å². The van der Waals surface area contributed by atoms with Crippen LogP contribution in [0.2, 0.25) is 0 Å². The van der Waals surface area contributed by atoms with Gasteiger partial charge < -0.3 is 20.4 Å². The molecular weight excluding hydrogens is 464 g/mol. The molecule has 0 radical (unpaired) electrons. The predicted octanol–water partition coefficient (Wildman–Crippen LogP) is 9.15. The Morgan fingerprint density at radius 1 is 0.895 bits per heavy atom. The highest BCUT2D eigenvalue weighted by Gasteiger charge is 2.11. The van der Waals surface area contributed by atoms with Gasteiger partial charge in [0.15, 0.2) is 0 Å². The van der Waals surface area contributed by atoms with Gasteiger partial charge in [-0.05, 0) is 83.6 Å². The average Bonchev–Trinajstić information content (AvgIpc) is 2.88. The van der Waals surface area contributed by atoms with Crippen molar-refractivity contribution in [1.82, 2.24) is 14.7 Å². The molecule has 0 spiro atoms. The highest BCUT2D eigenvalue weighted by atomic mass is 15.2. The van der Waals surface area contributed by atoms with Crippen LogP contribution in [0.4, 0.5) is 0 Å². The number of rotatable bonds is 19. The molecule has 0 aliphatic heterocycles. The normalized spacial score (nSPS) is 10.1. The first-order chi connectivity index (χ1) is 18.1. The van der Waals surface area contributed by atoms with Crippen LogP contribution in [0, 0.1) is 5.92 Å². The van der Waals surface area contributed by atoms with Gasteiger partial charge in [0.05, 0.1) is 0 Å². The lowest BCUT2D eigenvalue weighted by Crippen LogP contribution is -2.36. The number of hydrogen-bond acceptors (Lipinski definition) is 4. The molecule has 2 N–H and O–H groups in total. The quantitative estimate of drug-likeness (QED) is 0.169. The molecule has 0 rings (SSSR count). The fourth-order valence-electron chi connectivity index (χ4n) is 3.82. The lowest BCUT2D eigenvalue weighted by molar-refractivity contribution is 0.215. The zero-order valence-corrected chi connectivity index (χ0v) is 26.9. The van der Waals surface area contributed by atoms with Crippen LogP contribution in [0.3, 0.4) is 0 Å². The number of nitrogens with zero attached hydrogens (tertiary/aromatic N) is 3. The molecule has 0 saturated heterocycles. The Kier molecular flexibility index (Phi) is 36.5. The van der Waals surface area contributed by atoms with Gasteiger partial charge in [-0.2, -0.15) is 0 Å². The zero-order chi connectivity index (χ0) is 30.4. The third-order valence-electron chi connectivity index (χ3n) is 5.77. The molecule has 0 fully saturated rings. The van der Waals surface area contributed by atoms with Gasteiger partial charge in [0.2, 0.25) is 0 Å². The monoisotopic (exact) mass is 531 g/mol. The van der Waals surface area contributed by atoms with E-state index < -0.39 is 0 Å². The minimum absolute atomic E-state index is 0.554. The largest absolute Gasteiger partial charge is 0.405 e. The first-order valence-corrected chi connectivity index (χ1v) is 14.5. The van der Waals surface area contributed by atoms with E-state index in [2.05, 4.69) is 94.6 Å². The van der Waals surface area contributed by atoms with E-state index in [1.807, 2.05) is 45.3 Å². The second-order valence-corrected chi connectivity index (χ2v) is 9.35. The van der Waals surface area contributed by atoms with Crippen molar-refractivity contribution in [2.24, 2.45) is 11.7 Å². The average molecular weight is 531 g/mol. The predicted molar refractivity (Wildman–Crippen MR) is 178 cm³/mol. The van der Waals surface area contributed by atoms with E-state index in [9.17, 15) is 0 Å². The van der Waals surface area contributed by atoms with Crippen molar-refractivity contribution in [3.63, 3.8) is 0 Å². The first-order valence-electron chi connectivity index (χ1n) is 14.5. The summed E-state index contributed by atoms with van der Waals surface area (Å²) in [4.78, 5) is 6.84. The van der Waals surface area contributed by atoms with Gasteiger partial charge >= 0.3 is 0 Å². The van der Waals surface area contributed by atoms with Crippen molar-refractivity contribution in [2.75, 3.05) is 33.2 Å². The molecule has 222 valence electrons. The number of allylic oxidation sites excluding steroid dienone is 5. The van der Waals surface area contributed by atoms with Gasteiger partial charge in [-0.1, -0.05) is 98.2 Å². The van der Waals surface area contributed by atoms with Crippen LogP contribution in [0.1, 0.15) is 87.0 Å². The molecule has 4 nitrogen and oxygen atoms in total. The summed E-state index contributed by atoms with van der Waals surface area (Å²) in [5.41, 5.74) is 6.86. The SMILES string of the molecule is C=C/C=C(\C=C)CCCN(C=C)C(=C)C.C=CN.C=CN(CCN(C)CC(CCC)CCC)C(C)C.CC. The summed E-state index contributed by atoms with van der Waals surface area (Å²) in [6, 6.07) is 0.554. The highest BCUT2D eigenvalue weighted by molar-refractivity contribution is 5.20. The molecule has 38 heavy (non-hydrogen) atoms.